The third-order valence-electron chi connectivity index (χ3n) is 5.07. The topological polar surface area (TPSA) is 123 Å². The van der Waals surface area contributed by atoms with Gasteiger partial charge in [0, 0.05) is 36.2 Å². The molecule has 0 saturated heterocycles. The van der Waals surface area contributed by atoms with Crippen LogP contribution in [0.5, 0.6) is 0 Å². The van der Waals surface area contributed by atoms with E-state index in [4.69, 9.17) is 9.47 Å². The van der Waals surface area contributed by atoms with E-state index in [1.54, 1.807) is 44.2 Å². The number of thiazole rings is 2. The SMILES string of the molecule is CC(C)(C)OC(=O)NC(O)(CCc1ccccc1)CC(Cc1cncs1)NC(=O)OCc1cncs1. The number of nitrogens with one attached hydrogen (secondary N) is 2. The van der Waals surface area contributed by atoms with Crippen molar-refractivity contribution in [2.45, 2.75) is 70.4 Å². The molecule has 1 aromatic carbocycles. The molecule has 9 nitrogen and oxygen atoms in total. The second kappa shape index (κ2) is 12.8. The first-order chi connectivity index (χ1) is 17.1. The van der Waals surface area contributed by atoms with Crippen molar-refractivity contribution < 1.29 is 24.2 Å². The molecule has 2 amide bonds. The first kappa shape index (κ1) is 27.6. The second-order valence-corrected chi connectivity index (χ2v) is 11.3. The van der Waals surface area contributed by atoms with Crippen molar-refractivity contribution in [3.8, 4) is 0 Å². The molecule has 11 heteroatoms. The molecular weight excluding hydrogens is 500 g/mol. The van der Waals surface area contributed by atoms with Gasteiger partial charge < -0.3 is 19.9 Å². The average molecular weight is 533 g/mol. The molecule has 0 spiro atoms. The van der Waals surface area contributed by atoms with Crippen LogP contribution in [0.25, 0.3) is 0 Å². The zero-order valence-electron chi connectivity index (χ0n) is 20.6. The lowest BCUT2D eigenvalue weighted by Crippen LogP contribution is -2.54. The van der Waals surface area contributed by atoms with Crippen LogP contribution in [0.2, 0.25) is 0 Å². The Labute approximate surface area is 218 Å². The van der Waals surface area contributed by atoms with E-state index in [9.17, 15) is 14.7 Å². The largest absolute Gasteiger partial charge is 0.444 e. The number of amides is 2. The number of ether oxygens (including phenoxy) is 2. The smallest absolute Gasteiger partial charge is 0.409 e. The van der Waals surface area contributed by atoms with E-state index in [1.807, 2.05) is 30.3 Å². The molecule has 0 aliphatic rings. The van der Waals surface area contributed by atoms with Crippen LogP contribution >= 0.6 is 22.7 Å². The van der Waals surface area contributed by atoms with Crippen LogP contribution in [0.3, 0.4) is 0 Å². The van der Waals surface area contributed by atoms with Crippen molar-refractivity contribution >= 4 is 34.9 Å². The number of carbonyl (C=O) groups is 2. The molecule has 2 aromatic heterocycles. The first-order valence-corrected chi connectivity index (χ1v) is 13.3. The summed E-state index contributed by atoms with van der Waals surface area (Å²) < 4.78 is 10.7. The summed E-state index contributed by atoms with van der Waals surface area (Å²) in [5, 5.41) is 17.1. The van der Waals surface area contributed by atoms with Crippen LogP contribution in [0.1, 0.15) is 48.9 Å². The minimum absolute atomic E-state index is 0.0344. The van der Waals surface area contributed by atoms with E-state index < -0.39 is 29.6 Å². The van der Waals surface area contributed by atoms with Gasteiger partial charge in [-0.15, -0.1) is 22.7 Å². The van der Waals surface area contributed by atoms with Gasteiger partial charge in [-0.2, -0.15) is 0 Å². The number of nitrogens with zero attached hydrogens (tertiary/aromatic N) is 2. The molecule has 36 heavy (non-hydrogen) atoms. The van der Waals surface area contributed by atoms with Gasteiger partial charge in [0.1, 0.15) is 17.9 Å². The van der Waals surface area contributed by atoms with Crippen LogP contribution in [0, 0.1) is 0 Å². The fraction of sp³-hybridized carbons (Fsp3) is 0.440. The molecular formula is C25H32N4O5S2. The molecule has 3 aromatic rings. The first-order valence-electron chi connectivity index (χ1n) is 11.6. The van der Waals surface area contributed by atoms with Crippen molar-refractivity contribution in [3.05, 3.63) is 69.1 Å². The number of benzene rings is 1. The van der Waals surface area contributed by atoms with Gasteiger partial charge in [0.2, 0.25) is 0 Å². The molecule has 0 saturated carbocycles. The van der Waals surface area contributed by atoms with Crippen LogP contribution < -0.4 is 10.6 Å². The van der Waals surface area contributed by atoms with E-state index in [0.29, 0.717) is 12.8 Å². The number of hydrogen-bond donors (Lipinski definition) is 3. The number of aryl methyl sites for hydroxylation is 1. The number of rotatable bonds is 11. The van der Waals surface area contributed by atoms with E-state index in [2.05, 4.69) is 20.6 Å². The minimum Gasteiger partial charge on any atom is -0.444 e. The van der Waals surface area contributed by atoms with Gasteiger partial charge in [-0.3, -0.25) is 15.3 Å². The second-order valence-electron chi connectivity index (χ2n) is 9.41. The summed E-state index contributed by atoms with van der Waals surface area (Å²) in [6, 6.07) is 9.12. The fourth-order valence-corrected chi connectivity index (χ4v) is 4.71. The van der Waals surface area contributed by atoms with E-state index in [1.165, 1.54) is 22.7 Å². The van der Waals surface area contributed by atoms with E-state index >= 15 is 0 Å². The number of alkyl carbamates (subject to hydrolysis) is 2. The Hall–Kier alpha value is -3.02. The lowest BCUT2D eigenvalue weighted by Gasteiger charge is -2.34. The van der Waals surface area contributed by atoms with E-state index in [0.717, 1.165) is 15.3 Å². The molecule has 3 rings (SSSR count). The summed E-state index contributed by atoms with van der Waals surface area (Å²) in [4.78, 5) is 35.0. The van der Waals surface area contributed by atoms with Gasteiger partial charge in [-0.25, -0.2) is 9.59 Å². The normalized spacial score (nSPS) is 13.9. The Morgan fingerprint density at radius 3 is 2.31 bits per heavy atom. The molecule has 3 N–H and O–H groups in total. The fourth-order valence-electron chi connectivity index (χ4n) is 3.53. The van der Waals surface area contributed by atoms with Crippen LogP contribution in [0.15, 0.2) is 53.7 Å². The van der Waals surface area contributed by atoms with E-state index in [-0.39, 0.29) is 19.4 Å². The monoisotopic (exact) mass is 532 g/mol. The van der Waals surface area contributed by atoms with Gasteiger partial charge in [0.15, 0.2) is 0 Å². The van der Waals surface area contributed by atoms with Crippen LogP contribution in [-0.2, 0) is 28.9 Å². The summed E-state index contributed by atoms with van der Waals surface area (Å²) in [5.74, 6) is 0. The van der Waals surface area contributed by atoms with Gasteiger partial charge in [-0.1, -0.05) is 30.3 Å². The number of aromatic nitrogens is 2. The van der Waals surface area contributed by atoms with Crippen molar-refractivity contribution in [1.29, 1.82) is 0 Å². The zero-order chi connectivity index (χ0) is 26.0. The Morgan fingerprint density at radius 1 is 1.03 bits per heavy atom. The highest BCUT2D eigenvalue weighted by Crippen LogP contribution is 2.22. The van der Waals surface area contributed by atoms with Gasteiger partial charge >= 0.3 is 12.2 Å². The molecule has 0 radical (unpaired) electrons. The Balaban J connectivity index is 1.74. The quantitative estimate of drug-likeness (QED) is 0.307. The molecule has 2 unspecified atom stereocenters. The van der Waals surface area contributed by atoms with Crippen LogP contribution in [-0.4, -0.2) is 44.6 Å². The predicted octanol–water partition coefficient (Wildman–Crippen LogP) is 4.67. The summed E-state index contributed by atoms with van der Waals surface area (Å²) in [5.41, 5.74) is 2.00. The van der Waals surface area contributed by atoms with Crippen LogP contribution in [0.4, 0.5) is 9.59 Å². The third kappa shape index (κ3) is 9.92. The summed E-state index contributed by atoms with van der Waals surface area (Å²) in [6.45, 7) is 5.35. The van der Waals surface area contributed by atoms with Crippen molar-refractivity contribution in [3.63, 3.8) is 0 Å². The zero-order valence-corrected chi connectivity index (χ0v) is 22.2. The van der Waals surface area contributed by atoms with Crippen molar-refractivity contribution in [2.75, 3.05) is 0 Å². The average Bonchev–Trinajstić information content (AvgIpc) is 3.50. The molecule has 0 aliphatic heterocycles. The predicted molar refractivity (Wildman–Crippen MR) is 139 cm³/mol. The number of carbonyl (C=O) groups excluding carboxylic acids is 2. The summed E-state index contributed by atoms with van der Waals surface area (Å²) in [7, 11) is 0. The Bertz CT molecular complexity index is 1070. The summed E-state index contributed by atoms with van der Waals surface area (Å²) >= 11 is 2.83. The maximum atomic E-state index is 12.6. The lowest BCUT2D eigenvalue weighted by atomic mass is 9.94. The highest BCUT2D eigenvalue weighted by atomic mass is 32.1. The maximum Gasteiger partial charge on any atom is 0.409 e. The van der Waals surface area contributed by atoms with Gasteiger partial charge in [-0.05, 0) is 39.2 Å². The third-order valence-corrected chi connectivity index (χ3v) is 6.62. The van der Waals surface area contributed by atoms with Gasteiger partial charge in [0.25, 0.3) is 0 Å². The standard InChI is InChI=1S/C25H32N4O5S2/c1-24(2,3)34-23(31)29-25(32,10-9-18-7-5-4-6-8-18)12-19(11-20-13-26-16-35-20)28-22(30)33-15-21-14-27-17-36-21/h4-8,13-14,16-17,19,32H,9-12,15H2,1-3H3,(H,28,30)(H,29,31). The molecule has 0 aliphatic carbocycles. The maximum absolute atomic E-state index is 12.6. The number of aliphatic hydroxyl groups is 1. The molecule has 2 atom stereocenters. The minimum atomic E-state index is -1.65. The molecule has 194 valence electrons. The van der Waals surface area contributed by atoms with Crippen molar-refractivity contribution in [2.24, 2.45) is 0 Å². The Kier molecular flexibility index (Phi) is 9.80. The highest BCUT2D eigenvalue weighted by Gasteiger charge is 2.35. The summed E-state index contributed by atoms with van der Waals surface area (Å²) in [6.07, 6.45) is 3.16. The lowest BCUT2D eigenvalue weighted by molar-refractivity contribution is -0.0304. The molecule has 0 fully saturated rings. The number of hydrogen-bond acceptors (Lipinski definition) is 9. The molecule has 0 bridgehead atoms. The highest BCUT2D eigenvalue weighted by molar-refractivity contribution is 7.09. The van der Waals surface area contributed by atoms with Gasteiger partial charge in [0.05, 0.1) is 15.9 Å². The molecule has 2 heterocycles. The van der Waals surface area contributed by atoms with Crippen molar-refractivity contribution in [1.82, 2.24) is 20.6 Å². The Morgan fingerprint density at radius 2 is 1.69 bits per heavy atom.